The summed E-state index contributed by atoms with van der Waals surface area (Å²) in [6.45, 7) is 8.55. The number of aryl methyl sites for hydroxylation is 2. The van der Waals surface area contributed by atoms with Crippen LogP contribution in [0, 0.1) is 31.1 Å². The first-order valence-corrected chi connectivity index (χ1v) is 10.2. The molecule has 0 aliphatic carbocycles. The molecule has 0 aliphatic heterocycles. The van der Waals surface area contributed by atoms with Gasteiger partial charge in [0, 0.05) is 10.9 Å². The summed E-state index contributed by atoms with van der Waals surface area (Å²) in [4.78, 5) is 4.61. The molecule has 1 heterocycles. The molecule has 2 aromatic carbocycles. The molecular formula is C23H24N4S. The van der Waals surface area contributed by atoms with Crippen molar-refractivity contribution < 1.29 is 0 Å². The first-order valence-electron chi connectivity index (χ1n) is 9.32. The van der Waals surface area contributed by atoms with Gasteiger partial charge in [0.15, 0.2) is 10.7 Å². The number of nitriles is 1. The van der Waals surface area contributed by atoms with Crippen molar-refractivity contribution in [2.24, 2.45) is 11.0 Å². The Morgan fingerprint density at radius 1 is 1.14 bits per heavy atom. The standard InChI is InChI=1S/C23H24N4S/c1-15(2)11-18-6-8-19(9-7-18)22-14-28-23(25-22)21(13-24)27-26-20-10-5-16(3)17(4)12-20/h5-10,12,14-15,26H,11H2,1-4H3/b27-21+. The maximum atomic E-state index is 9.50. The lowest BCUT2D eigenvalue weighted by Gasteiger charge is -2.05. The highest BCUT2D eigenvalue weighted by atomic mass is 32.1. The molecule has 4 nitrogen and oxygen atoms in total. The van der Waals surface area contributed by atoms with Crippen molar-refractivity contribution in [1.29, 1.82) is 5.26 Å². The van der Waals surface area contributed by atoms with Crippen LogP contribution in [0.4, 0.5) is 5.69 Å². The van der Waals surface area contributed by atoms with E-state index in [4.69, 9.17) is 0 Å². The second-order valence-corrected chi connectivity index (χ2v) is 8.17. The van der Waals surface area contributed by atoms with Gasteiger partial charge in [0.1, 0.15) is 6.07 Å². The minimum absolute atomic E-state index is 0.283. The summed E-state index contributed by atoms with van der Waals surface area (Å²) in [5, 5.41) is 16.3. The van der Waals surface area contributed by atoms with Gasteiger partial charge in [-0.05, 0) is 55.0 Å². The van der Waals surface area contributed by atoms with E-state index in [-0.39, 0.29) is 5.71 Å². The van der Waals surface area contributed by atoms with E-state index in [9.17, 15) is 5.26 Å². The van der Waals surface area contributed by atoms with Gasteiger partial charge in [0.25, 0.3) is 0 Å². The van der Waals surface area contributed by atoms with Crippen LogP contribution in [-0.2, 0) is 6.42 Å². The number of aromatic nitrogens is 1. The number of anilines is 1. The Balaban J connectivity index is 1.77. The number of hydrazone groups is 1. The van der Waals surface area contributed by atoms with Crippen molar-refractivity contribution >= 4 is 22.7 Å². The number of thiazole rings is 1. The number of nitrogens with zero attached hydrogens (tertiary/aromatic N) is 3. The third-order valence-corrected chi connectivity index (χ3v) is 5.36. The van der Waals surface area contributed by atoms with Crippen LogP contribution in [0.5, 0.6) is 0 Å². The fourth-order valence-electron chi connectivity index (χ4n) is 2.85. The van der Waals surface area contributed by atoms with Gasteiger partial charge in [0.2, 0.25) is 0 Å². The molecule has 0 unspecified atom stereocenters. The zero-order valence-electron chi connectivity index (χ0n) is 16.7. The Kier molecular flexibility index (Phi) is 6.23. The Hall–Kier alpha value is -2.97. The van der Waals surface area contributed by atoms with Gasteiger partial charge in [-0.15, -0.1) is 11.3 Å². The minimum Gasteiger partial charge on any atom is -0.277 e. The van der Waals surface area contributed by atoms with Crippen LogP contribution in [0.3, 0.4) is 0 Å². The van der Waals surface area contributed by atoms with Crippen molar-refractivity contribution in [2.45, 2.75) is 34.1 Å². The molecule has 5 heteroatoms. The zero-order valence-corrected chi connectivity index (χ0v) is 17.5. The SMILES string of the molecule is Cc1ccc(N/N=C(\C#N)c2nc(-c3ccc(CC(C)C)cc3)cs2)cc1C. The highest BCUT2D eigenvalue weighted by molar-refractivity contribution is 7.12. The van der Waals surface area contributed by atoms with Gasteiger partial charge in [-0.3, -0.25) is 5.43 Å². The second kappa shape index (κ2) is 8.81. The molecule has 0 saturated carbocycles. The first kappa shape index (κ1) is 19.8. The van der Waals surface area contributed by atoms with Gasteiger partial charge in [-0.2, -0.15) is 10.4 Å². The molecule has 3 aromatic rings. The van der Waals surface area contributed by atoms with Crippen LogP contribution in [0.25, 0.3) is 11.3 Å². The molecular weight excluding hydrogens is 364 g/mol. The number of rotatable bonds is 6. The van der Waals surface area contributed by atoms with Gasteiger partial charge in [-0.1, -0.05) is 44.2 Å². The van der Waals surface area contributed by atoms with Crippen LogP contribution < -0.4 is 5.43 Å². The number of benzene rings is 2. The molecule has 0 aliphatic rings. The van der Waals surface area contributed by atoms with Crippen molar-refractivity contribution in [3.05, 3.63) is 69.5 Å². The number of hydrogen-bond donors (Lipinski definition) is 1. The third-order valence-electron chi connectivity index (χ3n) is 4.51. The lowest BCUT2D eigenvalue weighted by Crippen LogP contribution is -2.01. The summed E-state index contributed by atoms with van der Waals surface area (Å²) in [7, 11) is 0. The van der Waals surface area contributed by atoms with E-state index in [0.29, 0.717) is 10.9 Å². The molecule has 0 spiro atoms. The monoisotopic (exact) mass is 388 g/mol. The zero-order chi connectivity index (χ0) is 20.1. The first-order chi connectivity index (χ1) is 13.5. The highest BCUT2D eigenvalue weighted by Gasteiger charge is 2.11. The van der Waals surface area contributed by atoms with E-state index in [0.717, 1.165) is 23.4 Å². The van der Waals surface area contributed by atoms with Crippen LogP contribution in [0.2, 0.25) is 0 Å². The summed E-state index contributed by atoms with van der Waals surface area (Å²) in [5.74, 6) is 0.635. The summed E-state index contributed by atoms with van der Waals surface area (Å²) in [6.07, 6.45) is 1.07. The van der Waals surface area contributed by atoms with Crippen LogP contribution in [-0.4, -0.2) is 10.7 Å². The van der Waals surface area contributed by atoms with Crippen molar-refractivity contribution in [3.63, 3.8) is 0 Å². The van der Waals surface area contributed by atoms with Crippen molar-refractivity contribution in [3.8, 4) is 17.3 Å². The van der Waals surface area contributed by atoms with Gasteiger partial charge < -0.3 is 0 Å². The smallest absolute Gasteiger partial charge is 0.196 e. The Morgan fingerprint density at radius 2 is 1.89 bits per heavy atom. The Bertz CT molecular complexity index is 1020. The molecule has 0 radical (unpaired) electrons. The largest absolute Gasteiger partial charge is 0.277 e. The highest BCUT2D eigenvalue weighted by Crippen LogP contribution is 2.23. The topological polar surface area (TPSA) is 61.1 Å². The van der Waals surface area contributed by atoms with Gasteiger partial charge in [0.05, 0.1) is 11.4 Å². The third kappa shape index (κ3) is 4.85. The fraction of sp³-hybridized carbons (Fsp3) is 0.261. The summed E-state index contributed by atoms with van der Waals surface area (Å²) in [6, 6.07) is 16.6. The Labute approximate surface area is 170 Å². The van der Waals surface area contributed by atoms with Crippen LogP contribution >= 0.6 is 11.3 Å². The van der Waals surface area contributed by atoms with Gasteiger partial charge >= 0.3 is 0 Å². The maximum absolute atomic E-state index is 9.50. The predicted molar refractivity (Wildman–Crippen MR) is 118 cm³/mol. The second-order valence-electron chi connectivity index (χ2n) is 7.32. The number of nitrogens with one attached hydrogen (secondary N) is 1. The molecule has 0 fully saturated rings. The predicted octanol–water partition coefficient (Wildman–Crippen LogP) is 5.97. The molecule has 0 atom stereocenters. The molecule has 0 saturated heterocycles. The van der Waals surface area contributed by atoms with Crippen LogP contribution in [0.15, 0.2) is 52.9 Å². The van der Waals surface area contributed by atoms with E-state index in [1.165, 1.54) is 28.0 Å². The van der Waals surface area contributed by atoms with E-state index in [2.05, 4.69) is 73.5 Å². The average molecular weight is 389 g/mol. The van der Waals surface area contributed by atoms with Crippen molar-refractivity contribution in [1.82, 2.24) is 4.98 Å². The van der Waals surface area contributed by atoms with Crippen LogP contribution in [0.1, 0.15) is 35.5 Å². The number of hydrogen-bond acceptors (Lipinski definition) is 5. The fourth-order valence-corrected chi connectivity index (χ4v) is 3.62. The molecule has 3 rings (SSSR count). The average Bonchev–Trinajstić information content (AvgIpc) is 3.15. The quantitative estimate of drug-likeness (QED) is 0.418. The lowest BCUT2D eigenvalue weighted by molar-refractivity contribution is 0.647. The van der Waals surface area contributed by atoms with E-state index < -0.39 is 0 Å². The molecule has 28 heavy (non-hydrogen) atoms. The van der Waals surface area contributed by atoms with Gasteiger partial charge in [-0.25, -0.2) is 4.98 Å². The summed E-state index contributed by atoms with van der Waals surface area (Å²) in [5.41, 5.74) is 9.75. The lowest BCUT2D eigenvalue weighted by atomic mass is 10.0. The van der Waals surface area contributed by atoms with E-state index in [1.54, 1.807) is 0 Å². The molecule has 142 valence electrons. The molecule has 0 bridgehead atoms. The molecule has 1 aromatic heterocycles. The maximum Gasteiger partial charge on any atom is 0.196 e. The van der Waals surface area contributed by atoms with E-state index in [1.807, 2.05) is 23.6 Å². The molecule has 0 amide bonds. The van der Waals surface area contributed by atoms with Crippen molar-refractivity contribution in [2.75, 3.05) is 5.43 Å². The summed E-state index contributed by atoms with van der Waals surface area (Å²) < 4.78 is 0. The normalized spacial score (nSPS) is 11.5. The molecule has 1 N–H and O–H groups in total. The summed E-state index contributed by atoms with van der Waals surface area (Å²) >= 11 is 1.43. The Morgan fingerprint density at radius 3 is 2.54 bits per heavy atom. The minimum atomic E-state index is 0.283. The van der Waals surface area contributed by atoms with E-state index >= 15 is 0 Å².